The zero-order valence-corrected chi connectivity index (χ0v) is 16.3. The summed E-state index contributed by atoms with van der Waals surface area (Å²) in [7, 11) is 2.01. The summed E-state index contributed by atoms with van der Waals surface area (Å²) in [5.41, 5.74) is 1.48. The van der Waals surface area contributed by atoms with E-state index < -0.39 is 0 Å². The molecule has 0 spiro atoms. The van der Waals surface area contributed by atoms with Crippen LogP contribution in [0.2, 0.25) is 0 Å². The van der Waals surface area contributed by atoms with E-state index in [0.29, 0.717) is 23.7 Å². The lowest BCUT2D eigenvalue weighted by molar-refractivity contribution is -0.134. The SMILES string of the molecule is CNCC1CCCN(C(=O)CC2CCC(c3ccccc3)CC2)C1.Cl. The molecule has 3 rings (SSSR count). The van der Waals surface area contributed by atoms with Crippen LogP contribution in [0.4, 0.5) is 0 Å². The highest BCUT2D eigenvalue weighted by atomic mass is 35.5. The standard InChI is InChI=1S/C21H32N2O.ClH/c1-22-15-18-6-5-13-23(16-18)21(24)14-17-9-11-20(12-10-17)19-7-3-2-4-8-19;/h2-4,7-8,17-18,20,22H,5-6,9-16H2,1H3;1H. The van der Waals surface area contributed by atoms with Gasteiger partial charge < -0.3 is 10.2 Å². The van der Waals surface area contributed by atoms with Gasteiger partial charge in [-0.05, 0) is 75.4 Å². The van der Waals surface area contributed by atoms with Gasteiger partial charge in [0, 0.05) is 19.5 Å². The second-order valence-corrected chi connectivity index (χ2v) is 7.74. The summed E-state index contributed by atoms with van der Waals surface area (Å²) in [5, 5.41) is 3.26. The van der Waals surface area contributed by atoms with Crippen molar-refractivity contribution in [1.29, 1.82) is 0 Å². The zero-order chi connectivity index (χ0) is 16.8. The van der Waals surface area contributed by atoms with Crippen molar-refractivity contribution in [3.05, 3.63) is 35.9 Å². The van der Waals surface area contributed by atoms with E-state index in [0.717, 1.165) is 26.1 Å². The maximum atomic E-state index is 12.7. The zero-order valence-electron chi connectivity index (χ0n) is 15.5. The van der Waals surface area contributed by atoms with Crippen LogP contribution in [0.5, 0.6) is 0 Å². The van der Waals surface area contributed by atoms with Gasteiger partial charge in [0.2, 0.25) is 5.91 Å². The highest BCUT2D eigenvalue weighted by Gasteiger charge is 2.28. The average Bonchev–Trinajstić information content (AvgIpc) is 2.64. The monoisotopic (exact) mass is 364 g/mol. The van der Waals surface area contributed by atoms with E-state index in [1.165, 1.54) is 44.1 Å². The smallest absolute Gasteiger partial charge is 0.222 e. The molecule has 1 atom stereocenters. The van der Waals surface area contributed by atoms with Gasteiger partial charge in [0.25, 0.3) is 0 Å². The molecule has 1 aromatic carbocycles. The van der Waals surface area contributed by atoms with E-state index in [1.54, 1.807) is 0 Å². The number of halogens is 1. The molecule has 1 heterocycles. The van der Waals surface area contributed by atoms with Gasteiger partial charge in [0.15, 0.2) is 0 Å². The second kappa shape index (κ2) is 10.2. The molecule has 25 heavy (non-hydrogen) atoms. The molecule has 2 fully saturated rings. The minimum absolute atomic E-state index is 0. The van der Waals surface area contributed by atoms with Crippen molar-refractivity contribution in [2.45, 2.75) is 50.9 Å². The summed E-state index contributed by atoms with van der Waals surface area (Å²) in [5.74, 6) is 2.34. The van der Waals surface area contributed by atoms with Crippen molar-refractivity contribution in [3.8, 4) is 0 Å². The molecular formula is C21H33ClN2O. The number of piperidine rings is 1. The Hall–Kier alpha value is -1.06. The number of hydrogen-bond donors (Lipinski definition) is 1. The van der Waals surface area contributed by atoms with Gasteiger partial charge in [-0.1, -0.05) is 30.3 Å². The van der Waals surface area contributed by atoms with Crippen LogP contribution in [0, 0.1) is 11.8 Å². The summed E-state index contributed by atoms with van der Waals surface area (Å²) in [6.45, 7) is 2.96. The number of likely N-dealkylation sites (tertiary alicyclic amines) is 1. The van der Waals surface area contributed by atoms with Gasteiger partial charge in [-0.2, -0.15) is 0 Å². The molecule has 0 bridgehead atoms. The molecule has 4 heteroatoms. The number of carbonyl (C=O) groups excluding carboxylic acids is 1. The quantitative estimate of drug-likeness (QED) is 0.847. The molecule has 1 aliphatic carbocycles. The Kier molecular flexibility index (Phi) is 8.25. The molecule has 0 radical (unpaired) electrons. The van der Waals surface area contributed by atoms with Crippen LogP contribution in [0.25, 0.3) is 0 Å². The van der Waals surface area contributed by atoms with Crippen LogP contribution in [0.15, 0.2) is 30.3 Å². The van der Waals surface area contributed by atoms with Crippen molar-refractivity contribution in [2.75, 3.05) is 26.7 Å². The minimum atomic E-state index is 0. The highest BCUT2D eigenvalue weighted by molar-refractivity contribution is 5.85. The van der Waals surface area contributed by atoms with Gasteiger partial charge in [0.05, 0.1) is 0 Å². The molecule has 3 nitrogen and oxygen atoms in total. The van der Waals surface area contributed by atoms with Crippen LogP contribution >= 0.6 is 12.4 Å². The highest BCUT2D eigenvalue weighted by Crippen LogP contribution is 2.37. The number of nitrogens with one attached hydrogen (secondary N) is 1. The first-order valence-corrected chi connectivity index (χ1v) is 9.73. The first-order valence-electron chi connectivity index (χ1n) is 9.73. The third-order valence-corrected chi connectivity index (χ3v) is 5.95. The average molecular weight is 365 g/mol. The van der Waals surface area contributed by atoms with Crippen LogP contribution in [-0.2, 0) is 4.79 Å². The number of rotatable bonds is 5. The lowest BCUT2D eigenvalue weighted by Crippen LogP contribution is -2.43. The van der Waals surface area contributed by atoms with E-state index in [2.05, 4.69) is 40.5 Å². The maximum Gasteiger partial charge on any atom is 0.222 e. The van der Waals surface area contributed by atoms with E-state index in [4.69, 9.17) is 0 Å². The van der Waals surface area contributed by atoms with Gasteiger partial charge in [-0.25, -0.2) is 0 Å². The minimum Gasteiger partial charge on any atom is -0.342 e. The number of carbonyl (C=O) groups is 1. The molecular weight excluding hydrogens is 332 g/mol. The van der Waals surface area contributed by atoms with E-state index >= 15 is 0 Å². The first kappa shape index (κ1) is 20.3. The molecule has 1 saturated carbocycles. The predicted octanol–water partition coefficient (Wildman–Crippen LogP) is 4.23. The summed E-state index contributed by atoms with van der Waals surface area (Å²) in [6, 6.07) is 10.9. The largest absolute Gasteiger partial charge is 0.342 e. The molecule has 140 valence electrons. The Morgan fingerprint density at radius 1 is 1.08 bits per heavy atom. The Labute approximate surface area is 159 Å². The van der Waals surface area contributed by atoms with Crippen molar-refractivity contribution >= 4 is 18.3 Å². The van der Waals surface area contributed by atoms with Crippen molar-refractivity contribution in [2.24, 2.45) is 11.8 Å². The Bertz CT molecular complexity index is 512. The third kappa shape index (κ3) is 5.72. The van der Waals surface area contributed by atoms with Gasteiger partial charge in [0.1, 0.15) is 0 Å². The van der Waals surface area contributed by atoms with Gasteiger partial charge in [-0.15, -0.1) is 12.4 Å². The normalized spacial score (nSPS) is 26.8. The van der Waals surface area contributed by atoms with Crippen LogP contribution < -0.4 is 5.32 Å². The molecule has 0 aromatic heterocycles. The van der Waals surface area contributed by atoms with Crippen molar-refractivity contribution < 1.29 is 4.79 Å². The second-order valence-electron chi connectivity index (χ2n) is 7.74. The van der Waals surface area contributed by atoms with Gasteiger partial charge in [-0.3, -0.25) is 4.79 Å². The fourth-order valence-corrected chi connectivity index (χ4v) is 4.55. The Morgan fingerprint density at radius 3 is 2.48 bits per heavy atom. The fraction of sp³-hybridized carbons (Fsp3) is 0.667. The number of benzene rings is 1. The molecule has 1 N–H and O–H groups in total. The van der Waals surface area contributed by atoms with Crippen molar-refractivity contribution in [1.82, 2.24) is 10.2 Å². The summed E-state index contributed by atoms with van der Waals surface area (Å²) < 4.78 is 0. The molecule has 1 unspecified atom stereocenters. The number of amides is 1. The molecule has 1 aliphatic heterocycles. The van der Waals surface area contributed by atoms with E-state index in [1.807, 2.05) is 7.05 Å². The van der Waals surface area contributed by atoms with Crippen LogP contribution in [-0.4, -0.2) is 37.5 Å². The van der Waals surface area contributed by atoms with Crippen LogP contribution in [0.1, 0.15) is 56.4 Å². The summed E-state index contributed by atoms with van der Waals surface area (Å²) in [6.07, 6.45) is 8.09. The predicted molar refractivity (Wildman–Crippen MR) is 106 cm³/mol. The Morgan fingerprint density at radius 2 is 1.80 bits per heavy atom. The first-order chi connectivity index (χ1) is 11.8. The number of nitrogens with zero attached hydrogens (tertiary/aromatic N) is 1. The number of hydrogen-bond acceptors (Lipinski definition) is 2. The lowest BCUT2D eigenvalue weighted by Gasteiger charge is -2.35. The third-order valence-electron chi connectivity index (χ3n) is 5.95. The molecule has 1 saturated heterocycles. The summed E-state index contributed by atoms with van der Waals surface area (Å²) >= 11 is 0. The van der Waals surface area contributed by atoms with E-state index in [9.17, 15) is 4.79 Å². The molecule has 1 aromatic rings. The maximum absolute atomic E-state index is 12.7. The van der Waals surface area contributed by atoms with E-state index in [-0.39, 0.29) is 12.4 Å². The topological polar surface area (TPSA) is 32.3 Å². The molecule has 2 aliphatic rings. The Balaban J connectivity index is 0.00000225. The fourth-order valence-electron chi connectivity index (χ4n) is 4.55. The molecule has 1 amide bonds. The van der Waals surface area contributed by atoms with Crippen LogP contribution in [0.3, 0.4) is 0 Å². The van der Waals surface area contributed by atoms with Crippen molar-refractivity contribution in [3.63, 3.8) is 0 Å². The van der Waals surface area contributed by atoms with Gasteiger partial charge >= 0.3 is 0 Å². The lowest BCUT2D eigenvalue weighted by atomic mass is 9.77. The summed E-state index contributed by atoms with van der Waals surface area (Å²) in [4.78, 5) is 14.8.